The third-order valence-electron chi connectivity index (χ3n) is 3.46. The zero-order chi connectivity index (χ0) is 15.6. The number of benzene rings is 1. The predicted molar refractivity (Wildman–Crippen MR) is 78.8 cm³/mol. The maximum atomic E-state index is 12.5. The Morgan fingerprint density at radius 1 is 1.14 bits per heavy atom. The van der Waals surface area contributed by atoms with E-state index in [0.717, 1.165) is 30.1 Å². The molecule has 2 aromatic rings. The van der Waals surface area contributed by atoms with Crippen LogP contribution in [0.25, 0.3) is 0 Å². The number of nitrogens with one attached hydrogen (secondary N) is 2. The zero-order valence-corrected chi connectivity index (χ0v) is 11.8. The summed E-state index contributed by atoms with van der Waals surface area (Å²) in [4.78, 5) is 3.81. The summed E-state index contributed by atoms with van der Waals surface area (Å²) >= 11 is 0. The molecular weight excluding hydrogens is 291 g/mol. The van der Waals surface area contributed by atoms with Crippen molar-refractivity contribution in [1.82, 2.24) is 10.3 Å². The second-order valence-corrected chi connectivity index (χ2v) is 5.41. The summed E-state index contributed by atoms with van der Waals surface area (Å²) in [5, 5.41) is 6.44. The summed E-state index contributed by atoms with van der Waals surface area (Å²) in [6.07, 6.45) is -1.07. The van der Waals surface area contributed by atoms with Gasteiger partial charge in [-0.1, -0.05) is 12.1 Å². The van der Waals surface area contributed by atoms with E-state index < -0.39 is 11.7 Å². The quantitative estimate of drug-likeness (QED) is 0.873. The van der Waals surface area contributed by atoms with Crippen LogP contribution >= 0.6 is 0 Å². The molecule has 1 heterocycles. The fourth-order valence-corrected chi connectivity index (χ4v) is 2.09. The average Bonchev–Trinajstić information content (AvgIpc) is 3.29. The molecule has 0 spiro atoms. The Balaban J connectivity index is 1.65. The third kappa shape index (κ3) is 3.98. The molecule has 1 aromatic carbocycles. The Bertz CT molecular complexity index is 634. The van der Waals surface area contributed by atoms with Crippen molar-refractivity contribution in [2.24, 2.45) is 0 Å². The first kappa shape index (κ1) is 14.8. The summed E-state index contributed by atoms with van der Waals surface area (Å²) < 4.78 is 37.5. The first-order valence-electron chi connectivity index (χ1n) is 7.13. The number of hydrogen-bond acceptors (Lipinski definition) is 3. The lowest BCUT2D eigenvalue weighted by molar-refractivity contribution is -0.137. The van der Waals surface area contributed by atoms with Gasteiger partial charge in [-0.3, -0.25) is 0 Å². The number of rotatable bonds is 5. The highest BCUT2D eigenvalue weighted by Crippen LogP contribution is 2.29. The molecule has 2 N–H and O–H groups in total. The average molecular weight is 307 g/mol. The lowest BCUT2D eigenvalue weighted by Gasteiger charge is -2.10. The van der Waals surface area contributed by atoms with Gasteiger partial charge in [0.2, 0.25) is 0 Å². The van der Waals surface area contributed by atoms with E-state index in [1.165, 1.54) is 18.9 Å². The van der Waals surface area contributed by atoms with Gasteiger partial charge in [0.05, 0.1) is 5.56 Å². The summed E-state index contributed by atoms with van der Waals surface area (Å²) in [5.41, 5.74) is 1.19. The minimum atomic E-state index is -4.36. The third-order valence-corrected chi connectivity index (χ3v) is 3.46. The molecule has 3 nitrogen and oxygen atoms in total. The van der Waals surface area contributed by atoms with Crippen LogP contribution in [0.4, 0.5) is 24.7 Å². The number of nitrogens with zero attached hydrogens (tertiary/aromatic N) is 1. The largest absolute Gasteiger partial charge is 0.417 e. The molecule has 0 unspecified atom stereocenters. The van der Waals surface area contributed by atoms with E-state index in [-0.39, 0.29) is 0 Å². The van der Waals surface area contributed by atoms with Gasteiger partial charge in [-0.15, -0.1) is 0 Å². The van der Waals surface area contributed by atoms with E-state index in [4.69, 9.17) is 0 Å². The fraction of sp³-hybridized carbons (Fsp3) is 0.312. The first-order valence-corrected chi connectivity index (χ1v) is 7.13. The minimum absolute atomic E-state index is 0.389. The highest BCUT2D eigenvalue weighted by atomic mass is 19.4. The maximum absolute atomic E-state index is 12.5. The zero-order valence-electron chi connectivity index (χ0n) is 11.8. The molecule has 0 saturated heterocycles. The molecule has 1 aromatic heterocycles. The Morgan fingerprint density at radius 3 is 2.59 bits per heavy atom. The van der Waals surface area contributed by atoms with Gasteiger partial charge in [0.15, 0.2) is 0 Å². The van der Waals surface area contributed by atoms with Gasteiger partial charge in [-0.2, -0.15) is 13.2 Å². The van der Waals surface area contributed by atoms with Gasteiger partial charge in [0, 0.05) is 24.5 Å². The van der Waals surface area contributed by atoms with E-state index in [1.54, 1.807) is 0 Å². The van der Waals surface area contributed by atoms with E-state index in [2.05, 4.69) is 15.6 Å². The number of aromatic nitrogens is 1. The Hall–Kier alpha value is -2.08. The summed E-state index contributed by atoms with van der Waals surface area (Å²) in [5.74, 6) is 0.389. The molecule has 1 saturated carbocycles. The minimum Gasteiger partial charge on any atom is -0.340 e. The summed E-state index contributed by atoms with van der Waals surface area (Å²) in [6, 6.07) is 10.7. The van der Waals surface area contributed by atoms with Crippen LogP contribution in [-0.2, 0) is 12.7 Å². The van der Waals surface area contributed by atoms with Crippen molar-refractivity contribution >= 4 is 11.5 Å². The SMILES string of the molecule is FC(F)(F)c1ccc(Nc2cccc(CNC3CC3)c2)nc1. The van der Waals surface area contributed by atoms with Crippen LogP contribution in [0, 0.1) is 0 Å². The van der Waals surface area contributed by atoms with Crippen LogP contribution < -0.4 is 10.6 Å². The van der Waals surface area contributed by atoms with Gasteiger partial charge in [0.25, 0.3) is 0 Å². The van der Waals surface area contributed by atoms with Gasteiger partial charge < -0.3 is 10.6 Å². The Labute approximate surface area is 126 Å². The topological polar surface area (TPSA) is 37.0 Å². The predicted octanol–water partition coefficient (Wildman–Crippen LogP) is 4.10. The number of halogens is 3. The van der Waals surface area contributed by atoms with Crippen LogP contribution in [0.1, 0.15) is 24.0 Å². The number of hydrogen-bond donors (Lipinski definition) is 2. The van der Waals surface area contributed by atoms with Crippen molar-refractivity contribution in [1.29, 1.82) is 0 Å². The molecule has 6 heteroatoms. The van der Waals surface area contributed by atoms with Crippen molar-refractivity contribution in [3.8, 4) is 0 Å². The number of alkyl halides is 3. The molecule has 1 fully saturated rings. The highest BCUT2D eigenvalue weighted by Gasteiger charge is 2.30. The normalized spacial score (nSPS) is 14.9. The molecule has 0 bridgehead atoms. The van der Waals surface area contributed by atoms with E-state index in [0.29, 0.717) is 11.9 Å². The van der Waals surface area contributed by atoms with Crippen LogP contribution in [-0.4, -0.2) is 11.0 Å². The number of pyridine rings is 1. The molecular formula is C16H16F3N3. The number of anilines is 2. The summed E-state index contributed by atoms with van der Waals surface area (Å²) in [6.45, 7) is 0.792. The second-order valence-electron chi connectivity index (χ2n) is 5.41. The van der Waals surface area contributed by atoms with Crippen LogP contribution in [0.5, 0.6) is 0 Å². The van der Waals surface area contributed by atoms with Gasteiger partial charge >= 0.3 is 6.18 Å². The van der Waals surface area contributed by atoms with E-state index in [1.807, 2.05) is 24.3 Å². The van der Waals surface area contributed by atoms with E-state index >= 15 is 0 Å². The molecule has 0 aliphatic heterocycles. The fourth-order valence-electron chi connectivity index (χ4n) is 2.09. The lowest BCUT2D eigenvalue weighted by Crippen LogP contribution is -2.15. The molecule has 1 aliphatic carbocycles. The smallest absolute Gasteiger partial charge is 0.340 e. The van der Waals surface area contributed by atoms with Crippen molar-refractivity contribution in [3.05, 3.63) is 53.7 Å². The lowest BCUT2D eigenvalue weighted by atomic mass is 10.2. The molecule has 0 amide bonds. The van der Waals surface area contributed by atoms with Crippen LogP contribution in [0.15, 0.2) is 42.6 Å². The highest BCUT2D eigenvalue weighted by molar-refractivity contribution is 5.57. The van der Waals surface area contributed by atoms with Crippen LogP contribution in [0.3, 0.4) is 0 Å². The standard InChI is InChI=1S/C16H16F3N3/c17-16(18,19)12-4-7-15(21-10-12)22-14-3-1-2-11(8-14)9-20-13-5-6-13/h1-4,7-8,10,13,20H,5-6,9H2,(H,21,22). The van der Waals surface area contributed by atoms with Crippen molar-refractivity contribution < 1.29 is 13.2 Å². The van der Waals surface area contributed by atoms with E-state index in [9.17, 15) is 13.2 Å². The van der Waals surface area contributed by atoms with Gasteiger partial charge in [-0.05, 0) is 42.7 Å². The molecule has 0 atom stereocenters. The Kier molecular flexibility index (Phi) is 4.02. The van der Waals surface area contributed by atoms with Crippen LogP contribution in [0.2, 0.25) is 0 Å². The molecule has 3 rings (SSSR count). The Morgan fingerprint density at radius 2 is 1.95 bits per heavy atom. The monoisotopic (exact) mass is 307 g/mol. The molecule has 0 radical (unpaired) electrons. The maximum Gasteiger partial charge on any atom is 0.417 e. The first-order chi connectivity index (χ1) is 10.5. The van der Waals surface area contributed by atoms with Gasteiger partial charge in [0.1, 0.15) is 5.82 Å². The van der Waals surface area contributed by atoms with Crippen molar-refractivity contribution in [3.63, 3.8) is 0 Å². The molecule has 1 aliphatic rings. The van der Waals surface area contributed by atoms with Gasteiger partial charge in [-0.25, -0.2) is 4.98 Å². The molecule has 116 valence electrons. The molecule has 22 heavy (non-hydrogen) atoms. The summed E-state index contributed by atoms with van der Waals surface area (Å²) in [7, 11) is 0. The second kappa shape index (κ2) is 5.96. The van der Waals surface area contributed by atoms with Crippen molar-refractivity contribution in [2.75, 3.05) is 5.32 Å². The van der Waals surface area contributed by atoms with Crippen molar-refractivity contribution in [2.45, 2.75) is 31.6 Å².